The zero-order valence-corrected chi connectivity index (χ0v) is 12.7. The zero-order chi connectivity index (χ0) is 14.9. The molecule has 2 aromatic rings. The van der Waals surface area contributed by atoms with Gasteiger partial charge in [-0.05, 0) is 13.8 Å². The monoisotopic (exact) mass is 323 g/mol. The molecule has 0 fully saturated rings. The summed E-state index contributed by atoms with van der Waals surface area (Å²) in [5, 5.41) is 10.8. The van der Waals surface area contributed by atoms with Crippen molar-refractivity contribution >= 4 is 18.2 Å². The molecule has 0 aliphatic rings. The highest BCUT2D eigenvalue weighted by molar-refractivity contribution is 5.85. The topological polar surface area (TPSA) is 47.7 Å². The minimum atomic E-state index is -4.42. The van der Waals surface area contributed by atoms with Gasteiger partial charge < -0.3 is 5.32 Å². The van der Waals surface area contributed by atoms with Crippen molar-refractivity contribution in [2.45, 2.75) is 32.6 Å². The lowest BCUT2D eigenvalue weighted by Gasteiger charge is -2.14. The van der Waals surface area contributed by atoms with Crippen LogP contribution in [0.5, 0.6) is 0 Å². The average Bonchev–Trinajstić information content (AvgIpc) is 2.91. The standard InChI is InChI=1S/C12H16F3N5.ClH/c1-8(2)20-10(4-5-17-20)16-6-9-7-18-19(3)11(9)12(13,14)15;/h4-5,7-8,16H,6H2,1-3H3;1H. The first kappa shape index (κ1) is 17.4. The Kier molecular flexibility index (Phi) is 5.27. The Bertz CT molecular complexity index is 588. The molecule has 9 heteroatoms. The molecule has 0 bridgehead atoms. The number of aromatic nitrogens is 4. The van der Waals surface area contributed by atoms with Crippen molar-refractivity contribution in [3.8, 4) is 0 Å². The first-order chi connectivity index (χ1) is 9.30. The molecule has 118 valence electrons. The quantitative estimate of drug-likeness (QED) is 0.939. The number of nitrogens with one attached hydrogen (secondary N) is 1. The third-order valence-electron chi connectivity index (χ3n) is 2.90. The number of hydrogen-bond donors (Lipinski definition) is 1. The van der Waals surface area contributed by atoms with E-state index in [2.05, 4.69) is 15.5 Å². The van der Waals surface area contributed by atoms with Crippen molar-refractivity contribution in [1.29, 1.82) is 0 Å². The van der Waals surface area contributed by atoms with Crippen LogP contribution in [0.4, 0.5) is 19.0 Å². The van der Waals surface area contributed by atoms with Crippen molar-refractivity contribution in [2.24, 2.45) is 7.05 Å². The molecule has 0 radical (unpaired) electrons. The molecule has 0 unspecified atom stereocenters. The van der Waals surface area contributed by atoms with Gasteiger partial charge in [0.25, 0.3) is 0 Å². The Morgan fingerprint density at radius 3 is 2.52 bits per heavy atom. The Labute approximate surface area is 126 Å². The lowest BCUT2D eigenvalue weighted by Crippen LogP contribution is -2.16. The zero-order valence-electron chi connectivity index (χ0n) is 11.8. The normalized spacial score (nSPS) is 11.6. The predicted molar refractivity (Wildman–Crippen MR) is 75.4 cm³/mol. The predicted octanol–water partition coefficient (Wildman–Crippen LogP) is 3.25. The van der Waals surface area contributed by atoms with Gasteiger partial charge in [-0.15, -0.1) is 12.4 Å². The van der Waals surface area contributed by atoms with E-state index in [0.717, 1.165) is 4.68 Å². The second kappa shape index (κ2) is 6.38. The van der Waals surface area contributed by atoms with Crippen LogP contribution >= 0.6 is 12.4 Å². The molecule has 0 aromatic carbocycles. The summed E-state index contributed by atoms with van der Waals surface area (Å²) in [6.45, 7) is 3.94. The van der Waals surface area contributed by atoms with E-state index in [4.69, 9.17) is 0 Å². The summed E-state index contributed by atoms with van der Waals surface area (Å²) in [6, 6.07) is 1.85. The van der Waals surface area contributed by atoms with Crippen molar-refractivity contribution < 1.29 is 13.2 Å². The fourth-order valence-corrected chi connectivity index (χ4v) is 2.03. The van der Waals surface area contributed by atoms with Gasteiger partial charge in [-0.1, -0.05) is 0 Å². The first-order valence-electron chi connectivity index (χ1n) is 6.16. The van der Waals surface area contributed by atoms with E-state index in [9.17, 15) is 13.2 Å². The van der Waals surface area contributed by atoms with Gasteiger partial charge >= 0.3 is 6.18 Å². The molecule has 0 aliphatic heterocycles. The maximum atomic E-state index is 12.9. The highest BCUT2D eigenvalue weighted by atomic mass is 35.5. The molecule has 5 nitrogen and oxygen atoms in total. The van der Waals surface area contributed by atoms with Crippen LogP contribution < -0.4 is 5.32 Å². The molecule has 0 atom stereocenters. The van der Waals surface area contributed by atoms with Gasteiger partial charge in [0.2, 0.25) is 0 Å². The number of aryl methyl sites for hydroxylation is 1. The van der Waals surface area contributed by atoms with Gasteiger partial charge in [-0.2, -0.15) is 23.4 Å². The number of nitrogens with zero attached hydrogens (tertiary/aromatic N) is 4. The second-order valence-corrected chi connectivity index (χ2v) is 4.75. The van der Waals surface area contributed by atoms with Gasteiger partial charge in [-0.25, -0.2) is 4.68 Å². The Hall–Kier alpha value is -1.70. The number of hydrogen-bond acceptors (Lipinski definition) is 3. The van der Waals surface area contributed by atoms with Gasteiger partial charge in [0, 0.05) is 31.3 Å². The van der Waals surface area contributed by atoms with E-state index < -0.39 is 11.9 Å². The van der Waals surface area contributed by atoms with Crippen LogP contribution in [0.1, 0.15) is 31.1 Å². The molecule has 0 aliphatic carbocycles. The molecule has 2 aromatic heterocycles. The van der Waals surface area contributed by atoms with E-state index in [1.807, 2.05) is 13.8 Å². The smallest absolute Gasteiger partial charge is 0.366 e. The minimum Gasteiger partial charge on any atom is -0.366 e. The molecule has 2 heterocycles. The van der Waals surface area contributed by atoms with Crippen LogP contribution in [-0.4, -0.2) is 19.6 Å². The molecule has 21 heavy (non-hydrogen) atoms. The van der Waals surface area contributed by atoms with Crippen molar-refractivity contribution in [1.82, 2.24) is 19.6 Å². The van der Waals surface area contributed by atoms with E-state index in [1.54, 1.807) is 16.9 Å². The van der Waals surface area contributed by atoms with Gasteiger partial charge in [-0.3, -0.25) is 4.68 Å². The summed E-state index contributed by atoms with van der Waals surface area (Å²) < 4.78 is 41.3. The van der Waals surface area contributed by atoms with E-state index >= 15 is 0 Å². The van der Waals surface area contributed by atoms with Crippen LogP contribution in [0, 0.1) is 0 Å². The van der Waals surface area contributed by atoms with Crippen LogP contribution in [0.15, 0.2) is 18.5 Å². The highest BCUT2D eigenvalue weighted by Gasteiger charge is 2.37. The van der Waals surface area contributed by atoms with E-state index in [-0.39, 0.29) is 30.6 Å². The Balaban J connectivity index is 0.00000220. The molecular formula is C12H17ClF3N5. The summed E-state index contributed by atoms with van der Waals surface area (Å²) in [6.07, 6.45) is -1.58. The number of rotatable bonds is 4. The molecule has 2 rings (SSSR count). The van der Waals surface area contributed by atoms with Crippen LogP contribution in [0.3, 0.4) is 0 Å². The fraction of sp³-hybridized carbons (Fsp3) is 0.500. The number of alkyl halides is 3. The SMILES string of the molecule is CC(C)n1nccc1NCc1cnn(C)c1C(F)(F)F.Cl. The molecule has 1 N–H and O–H groups in total. The Morgan fingerprint density at radius 2 is 1.95 bits per heavy atom. The third kappa shape index (κ3) is 3.69. The van der Waals surface area contributed by atoms with Gasteiger partial charge in [0.05, 0.1) is 12.4 Å². The molecular weight excluding hydrogens is 307 g/mol. The van der Waals surface area contributed by atoms with E-state index in [0.29, 0.717) is 5.82 Å². The van der Waals surface area contributed by atoms with Crippen molar-refractivity contribution in [3.05, 3.63) is 29.7 Å². The number of anilines is 1. The fourth-order valence-electron chi connectivity index (χ4n) is 2.03. The van der Waals surface area contributed by atoms with Crippen molar-refractivity contribution in [2.75, 3.05) is 5.32 Å². The van der Waals surface area contributed by atoms with E-state index in [1.165, 1.54) is 13.2 Å². The minimum absolute atomic E-state index is 0. The highest BCUT2D eigenvalue weighted by Crippen LogP contribution is 2.31. The summed E-state index contributed by atoms with van der Waals surface area (Å²) in [5.41, 5.74) is -0.628. The van der Waals surface area contributed by atoms with Crippen molar-refractivity contribution in [3.63, 3.8) is 0 Å². The lowest BCUT2D eigenvalue weighted by molar-refractivity contribution is -0.144. The molecule has 0 amide bonds. The van der Waals surface area contributed by atoms with Crippen LogP contribution in [0.25, 0.3) is 0 Å². The molecule has 0 spiro atoms. The second-order valence-electron chi connectivity index (χ2n) is 4.75. The summed E-state index contributed by atoms with van der Waals surface area (Å²) in [4.78, 5) is 0. The Morgan fingerprint density at radius 1 is 1.29 bits per heavy atom. The van der Waals surface area contributed by atoms with Gasteiger partial charge in [0.1, 0.15) is 11.5 Å². The van der Waals surface area contributed by atoms with Crippen LogP contribution in [0.2, 0.25) is 0 Å². The summed E-state index contributed by atoms with van der Waals surface area (Å²) in [7, 11) is 1.28. The largest absolute Gasteiger partial charge is 0.433 e. The average molecular weight is 324 g/mol. The molecule has 0 saturated carbocycles. The first-order valence-corrected chi connectivity index (χ1v) is 6.16. The third-order valence-corrected chi connectivity index (χ3v) is 2.90. The van der Waals surface area contributed by atoms with Gasteiger partial charge in [0.15, 0.2) is 0 Å². The maximum absolute atomic E-state index is 12.9. The number of halogens is 4. The summed E-state index contributed by atoms with van der Waals surface area (Å²) >= 11 is 0. The lowest BCUT2D eigenvalue weighted by atomic mass is 10.2. The van der Waals surface area contributed by atoms with Crippen LogP contribution in [-0.2, 0) is 19.8 Å². The maximum Gasteiger partial charge on any atom is 0.433 e. The summed E-state index contributed by atoms with van der Waals surface area (Å²) in [5.74, 6) is 0.678. The molecule has 0 saturated heterocycles.